The highest BCUT2D eigenvalue weighted by Gasteiger charge is 2.26. The molecular weight excluding hydrogens is 190 g/mol. The normalized spacial score (nSPS) is 17.9. The van der Waals surface area contributed by atoms with Gasteiger partial charge in [-0.15, -0.1) is 0 Å². The van der Waals surface area contributed by atoms with E-state index in [0.29, 0.717) is 5.56 Å². The van der Waals surface area contributed by atoms with Crippen molar-refractivity contribution in [2.24, 2.45) is 5.92 Å². The first-order valence-corrected chi connectivity index (χ1v) is 5.31. The minimum atomic E-state index is -0.688. The number of benzene rings is 1. The molecule has 15 heavy (non-hydrogen) atoms. The van der Waals surface area contributed by atoms with Gasteiger partial charge >= 0.3 is 0 Å². The van der Waals surface area contributed by atoms with Gasteiger partial charge in [0, 0.05) is 11.5 Å². The van der Waals surface area contributed by atoms with Gasteiger partial charge in [0.1, 0.15) is 6.23 Å². The van der Waals surface area contributed by atoms with Gasteiger partial charge < -0.3 is 10.4 Å². The number of aliphatic hydroxyl groups excluding tert-OH is 1. The van der Waals surface area contributed by atoms with Crippen molar-refractivity contribution >= 4 is 5.91 Å². The van der Waals surface area contributed by atoms with Crippen LogP contribution >= 0.6 is 0 Å². The Kier molecular flexibility index (Phi) is 3.02. The van der Waals surface area contributed by atoms with Gasteiger partial charge in [-0.25, -0.2) is 0 Å². The van der Waals surface area contributed by atoms with E-state index in [-0.39, 0.29) is 11.8 Å². The summed E-state index contributed by atoms with van der Waals surface area (Å²) in [5.74, 6) is 0.0488. The van der Waals surface area contributed by atoms with Crippen LogP contribution in [0.1, 0.15) is 29.6 Å². The third kappa shape index (κ3) is 2.36. The molecule has 1 saturated carbocycles. The first-order chi connectivity index (χ1) is 7.27. The molecule has 1 atom stereocenters. The molecular formula is C12H15NO2. The smallest absolute Gasteiger partial charge is 0.253 e. The van der Waals surface area contributed by atoms with Gasteiger partial charge in [-0.3, -0.25) is 4.79 Å². The number of carbonyl (C=O) groups is 1. The molecule has 1 amide bonds. The zero-order valence-corrected chi connectivity index (χ0v) is 8.52. The highest BCUT2D eigenvalue weighted by molar-refractivity contribution is 5.94. The average Bonchev–Trinajstić information content (AvgIpc) is 2.16. The summed E-state index contributed by atoms with van der Waals surface area (Å²) >= 11 is 0. The first kappa shape index (κ1) is 10.2. The molecule has 0 heterocycles. The minimum Gasteiger partial charge on any atom is -0.373 e. The Hall–Kier alpha value is -1.35. The Bertz CT molecular complexity index is 333. The number of carbonyl (C=O) groups excluding carboxylic acids is 1. The Morgan fingerprint density at radius 1 is 1.33 bits per heavy atom. The van der Waals surface area contributed by atoms with Crippen LogP contribution in [0, 0.1) is 5.92 Å². The van der Waals surface area contributed by atoms with Crippen LogP contribution in [0.4, 0.5) is 0 Å². The van der Waals surface area contributed by atoms with Crippen LogP contribution in [0.15, 0.2) is 30.3 Å². The van der Waals surface area contributed by atoms with Crippen molar-refractivity contribution in [1.29, 1.82) is 0 Å². The van der Waals surface area contributed by atoms with Gasteiger partial charge in [0.2, 0.25) is 0 Å². The number of hydrogen-bond acceptors (Lipinski definition) is 2. The minimum absolute atomic E-state index is 0.199. The Labute approximate surface area is 89.1 Å². The van der Waals surface area contributed by atoms with E-state index in [4.69, 9.17) is 0 Å². The molecule has 1 aromatic carbocycles. The van der Waals surface area contributed by atoms with E-state index >= 15 is 0 Å². The van der Waals surface area contributed by atoms with Crippen LogP contribution in [-0.4, -0.2) is 17.2 Å². The summed E-state index contributed by atoms with van der Waals surface area (Å²) in [6, 6.07) is 8.96. The second-order valence-electron chi connectivity index (χ2n) is 3.98. The molecule has 0 radical (unpaired) electrons. The van der Waals surface area contributed by atoms with Gasteiger partial charge in [-0.05, 0) is 25.0 Å². The maximum atomic E-state index is 11.6. The van der Waals surface area contributed by atoms with Gasteiger partial charge in [0.15, 0.2) is 0 Å². The van der Waals surface area contributed by atoms with Crippen LogP contribution < -0.4 is 5.32 Å². The molecule has 1 aliphatic rings. The lowest BCUT2D eigenvalue weighted by molar-refractivity contribution is 0.0319. The fourth-order valence-corrected chi connectivity index (χ4v) is 1.68. The van der Waals surface area contributed by atoms with Crippen molar-refractivity contribution in [3.8, 4) is 0 Å². The van der Waals surface area contributed by atoms with E-state index in [1.807, 2.05) is 18.2 Å². The van der Waals surface area contributed by atoms with E-state index in [9.17, 15) is 9.90 Å². The van der Waals surface area contributed by atoms with Crippen molar-refractivity contribution in [2.75, 3.05) is 0 Å². The van der Waals surface area contributed by atoms with E-state index < -0.39 is 6.23 Å². The summed E-state index contributed by atoms with van der Waals surface area (Å²) in [5, 5.41) is 12.3. The van der Waals surface area contributed by atoms with Crippen LogP contribution in [0.3, 0.4) is 0 Å². The summed E-state index contributed by atoms with van der Waals surface area (Å²) in [5.41, 5.74) is 0.593. The number of nitrogens with one attached hydrogen (secondary N) is 1. The van der Waals surface area contributed by atoms with Crippen molar-refractivity contribution in [1.82, 2.24) is 5.32 Å². The van der Waals surface area contributed by atoms with Gasteiger partial charge in [-0.2, -0.15) is 0 Å². The maximum absolute atomic E-state index is 11.6. The lowest BCUT2D eigenvalue weighted by atomic mass is 9.84. The summed E-state index contributed by atoms with van der Waals surface area (Å²) in [6.07, 6.45) is 2.49. The molecule has 1 aromatic rings. The number of hydrogen-bond donors (Lipinski definition) is 2. The number of rotatable bonds is 3. The molecule has 80 valence electrons. The van der Waals surface area contributed by atoms with Gasteiger partial charge in [-0.1, -0.05) is 24.6 Å². The molecule has 0 saturated heterocycles. The van der Waals surface area contributed by atoms with Crippen molar-refractivity contribution < 1.29 is 9.90 Å². The van der Waals surface area contributed by atoms with E-state index in [2.05, 4.69) is 5.32 Å². The lowest BCUT2D eigenvalue weighted by Gasteiger charge is -2.30. The topological polar surface area (TPSA) is 49.3 Å². The number of amides is 1. The standard InChI is InChI=1S/C12H15NO2/c14-11(9-5-2-1-3-6-9)13-12(15)10-7-4-8-10/h1-3,5-6,10,12,15H,4,7-8H2,(H,13,14). The molecule has 1 aliphatic carbocycles. The maximum Gasteiger partial charge on any atom is 0.253 e. The second-order valence-corrected chi connectivity index (χ2v) is 3.98. The fourth-order valence-electron chi connectivity index (χ4n) is 1.68. The zero-order chi connectivity index (χ0) is 10.7. The summed E-state index contributed by atoms with van der Waals surface area (Å²) in [7, 11) is 0. The molecule has 0 bridgehead atoms. The van der Waals surface area contributed by atoms with Crippen molar-refractivity contribution in [2.45, 2.75) is 25.5 Å². The SMILES string of the molecule is O=C(NC(O)C1CCC1)c1ccccc1. The van der Waals surface area contributed by atoms with Crippen molar-refractivity contribution in [3.63, 3.8) is 0 Å². The molecule has 2 N–H and O–H groups in total. The summed E-state index contributed by atoms with van der Waals surface area (Å²) < 4.78 is 0. The number of aliphatic hydroxyl groups is 1. The molecule has 1 unspecified atom stereocenters. The van der Waals surface area contributed by atoms with Crippen LogP contribution in [-0.2, 0) is 0 Å². The first-order valence-electron chi connectivity index (χ1n) is 5.31. The molecule has 0 aromatic heterocycles. The molecule has 0 spiro atoms. The van der Waals surface area contributed by atoms with Gasteiger partial charge in [0.25, 0.3) is 5.91 Å². The van der Waals surface area contributed by atoms with E-state index in [1.54, 1.807) is 12.1 Å². The van der Waals surface area contributed by atoms with Crippen LogP contribution in [0.2, 0.25) is 0 Å². The van der Waals surface area contributed by atoms with Gasteiger partial charge in [0.05, 0.1) is 0 Å². The Morgan fingerprint density at radius 2 is 2.00 bits per heavy atom. The summed E-state index contributed by atoms with van der Waals surface area (Å²) in [4.78, 5) is 11.6. The highest BCUT2D eigenvalue weighted by atomic mass is 16.3. The Balaban J connectivity index is 1.91. The third-order valence-electron chi connectivity index (χ3n) is 2.91. The molecule has 2 rings (SSSR count). The Morgan fingerprint density at radius 3 is 2.53 bits per heavy atom. The fraction of sp³-hybridized carbons (Fsp3) is 0.417. The predicted octanol–water partition coefficient (Wildman–Crippen LogP) is 1.53. The molecule has 3 nitrogen and oxygen atoms in total. The monoisotopic (exact) mass is 205 g/mol. The van der Waals surface area contributed by atoms with Crippen LogP contribution in [0.5, 0.6) is 0 Å². The van der Waals surface area contributed by atoms with E-state index in [0.717, 1.165) is 19.3 Å². The molecule has 0 aliphatic heterocycles. The van der Waals surface area contributed by atoms with E-state index in [1.165, 1.54) is 0 Å². The predicted molar refractivity (Wildman–Crippen MR) is 57.3 cm³/mol. The molecule has 3 heteroatoms. The average molecular weight is 205 g/mol. The molecule has 1 fully saturated rings. The quantitative estimate of drug-likeness (QED) is 0.735. The summed E-state index contributed by atoms with van der Waals surface area (Å²) in [6.45, 7) is 0. The van der Waals surface area contributed by atoms with Crippen LogP contribution in [0.25, 0.3) is 0 Å². The lowest BCUT2D eigenvalue weighted by Crippen LogP contribution is -2.42. The second kappa shape index (κ2) is 4.45. The van der Waals surface area contributed by atoms with Crippen molar-refractivity contribution in [3.05, 3.63) is 35.9 Å². The zero-order valence-electron chi connectivity index (χ0n) is 8.52. The largest absolute Gasteiger partial charge is 0.373 e. The highest BCUT2D eigenvalue weighted by Crippen LogP contribution is 2.28. The third-order valence-corrected chi connectivity index (χ3v) is 2.91.